The number of nitriles is 1. The first kappa shape index (κ1) is 20.5. The number of thioether (sulfide) groups is 1. The van der Waals surface area contributed by atoms with Crippen LogP contribution in [0.15, 0.2) is 77.8 Å². The number of alkyl carbamates (subject to hydrolysis) is 1. The molecule has 0 bridgehead atoms. The smallest absolute Gasteiger partial charge is 0.408 e. The highest BCUT2D eigenvalue weighted by molar-refractivity contribution is 8.13. The van der Waals surface area contributed by atoms with Gasteiger partial charge in [-0.15, -0.1) is 0 Å². The number of aliphatic imine (C=N–C) groups is 1. The van der Waals surface area contributed by atoms with Crippen LogP contribution in [-0.2, 0) is 11.3 Å². The molecule has 0 spiro atoms. The summed E-state index contributed by atoms with van der Waals surface area (Å²) in [6.45, 7) is 0.338. The average molecular weight is 429 g/mol. The van der Waals surface area contributed by atoms with E-state index in [0.717, 1.165) is 33.5 Å². The zero-order valence-corrected chi connectivity index (χ0v) is 17.6. The number of carbonyl (C=O) groups is 1. The molecule has 2 N–H and O–H groups in total. The van der Waals surface area contributed by atoms with Crippen molar-refractivity contribution in [2.24, 2.45) is 4.99 Å². The van der Waals surface area contributed by atoms with Gasteiger partial charge >= 0.3 is 6.09 Å². The molecule has 31 heavy (non-hydrogen) atoms. The molecule has 1 amide bonds. The first-order chi connectivity index (χ1) is 15.2. The molecule has 0 fully saturated rings. The van der Waals surface area contributed by atoms with E-state index in [1.807, 2.05) is 85.2 Å². The Labute approximate surface area is 185 Å². The Kier molecular flexibility index (Phi) is 6.20. The quantitative estimate of drug-likeness (QED) is 0.261. The van der Waals surface area contributed by atoms with Gasteiger partial charge in [0.1, 0.15) is 0 Å². The van der Waals surface area contributed by atoms with Gasteiger partial charge in [0.05, 0.1) is 5.69 Å². The second-order valence-electron chi connectivity index (χ2n) is 6.84. The predicted octanol–water partition coefficient (Wildman–Crippen LogP) is 5.10. The summed E-state index contributed by atoms with van der Waals surface area (Å²) in [5, 5.41) is 14.6. The third kappa shape index (κ3) is 4.55. The van der Waals surface area contributed by atoms with Gasteiger partial charge in [0.25, 0.3) is 0 Å². The zero-order chi connectivity index (χ0) is 21.6. The summed E-state index contributed by atoms with van der Waals surface area (Å²) in [5.41, 5.74) is 5.83. The average Bonchev–Trinajstić information content (AvgIpc) is 3.12. The van der Waals surface area contributed by atoms with Crippen LogP contribution in [0.2, 0.25) is 0 Å². The Morgan fingerprint density at radius 1 is 1.03 bits per heavy atom. The Morgan fingerprint density at radius 3 is 2.23 bits per heavy atom. The number of rotatable bonds is 4. The maximum Gasteiger partial charge on any atom is 0.408 e. The molecular weight excluding hydrogens is 408 g/mol. The van der Waals surface area contributed by atoms with Crippen molar-refractivity contribution in [2.45, 2.75) is 12.6 Å². The van der Waals surface area contributed by atoms with E-state index in [0.29, 0.717) is 11.7 Å². The number of nitrogens with zero attached hydrogens (tertiary/aromatic N) is 2. The lowest BCUT2D eigenvalue weighted by Crippen LogP contribution is -2.25. The summed E-state index contributed by atoms with van der Waals surface area (Å²) in [6, 6.07) is 23.4. The number of hydrogen-bond acceptors (Lipinski definition) is 5. The van der Waals surface area contributed by atoms with Crippen LogP contribution in [0.25, 0.3) is 11.1 Å². The Hall–Kier alpha value is -3.76. The van der Waals surface area contributed by atoms with Crippen LogP contribution in [-0.4, -0.2) is 17.5 Å². The summed E-state index contributed by atoms with van der Waals surface area (Å²) < 4.78 is 5.79. The molecular formula is C24H20N4O2S. The highest BCUT2D eigenvalue weighted by atomic mass is 32.2. The highest BCUT2D eigenvalue weighted by Gasteiger charge is 2.30. The number of fused-ring (bicyclic) bond motifs is 3. The number of amidine groups is 1. The van der Waals surface area contributed by atoms with Gasteiger partial charge in [0.2, 0.25) is 0 Å². The maximum atomic E-state index is 12.5. The lowest BCUT2D eigenvalue weighted by atomic mass is 10.1. The van der Waals surface area contributed by atoms with Crippen molar-refractivity contribution in [3.8, 4) is 17.3 Å². The third-order valence-corrected chi connectivity index (χ3v) is 5.54. The van der Waals surface area contributed by atoms with Crippen LogP contribution >= 0.6 is 11.8 Å². The van der Waals surface area contributed by atoms with E-state index >= 15 is 0 Å². The number of nitrogens with one attached hydrogen (secondary N) is 2. The van der Waals surface area contributed by atoms with Gasteiger partial charge in [-0.3, -0.25) is 5.32 Å². The Morgan fingerprint density at radius 2 is 1.65 bits per heavy atom. The third-order valence-electron chi connectivity index (χ3n) is 4.96. The normalized spacial score (nSPS) is 12.5. The molecule has 6 nitrogen and oxygen atoms in total. The van der Waals surface area contributed by atoms with Crippen molar-refractivity contribution in [1.82, 2.24) is 10.6 Å². The van der Waals surface area contributed by atoms with Crippen LogP contribution in [0.4, 0.5) is 10.5 Å². The van der Waals surface area contributed by atoms with Crippen molar-refractivity contribution < 1.29 is 9.53 Å². The van der Waals surface area contributed by atoms with Gasteiger partial charge < -0.3 is 10.1 Å². The Balaban J connectivity index is 1.40. The minimum absolute atomic E-state index is 0.338. The highest BCUT2D eigenvalue weighted by Crippen LogP contribution is 2.44. The van der Waals surface area contributed by atoms with Crippen LogP contribution in [0.1, 0.15) is 22.8 Å². The first-order valence-corrected chi connectivity index (χ1v) is 10.9. The minimum Gasteiger partial charge on any atom is -0.436 e. The second kappa shape index (κ2) is 9.37. The Bertz CT molecular complexity index is 1120. The van der Waals surface area contributed by atoms with E-state index in [1.165, 1.54) is 11.8 Å². The first-order valence-electron chi connectivity index (χ1n) is 9.69. The lowest BCUT2D eigenvalue weighted by Gasteiger charge is -2.15. The van der Waals surface area contributed by atoms with E-state index in [-0.39, 0.29) is 0 Å². The van der Waals surface area contributed by atoms with E-state index in [2.05, 4.69) is 15.6 Å². The second-order valence-corrected chi connectivity index (χ2v) is 7.63. The van der Waals surface area contributed by atoms with E-state index in [1.54, 1.807) is 0 Å². The zero-order valence-electron chi connectivity index (χ0n) is 16.8. The maximum absolute atomic E-state index is 12.5. The van der Waals surface area contributed by atoms with Gasteiger partial charge in [0, 0.05) is 17.7 Å². The van der Waals surface area contributed by atoms with Crippen molar-refractivity contribution >= 4 is 28.7 Å². The predicted molar refractivity (Wildman–Crippen MR) is 123 cm³/mol. The van der Waals surface area contributed by atoms with E-state index in [4.69, 9.17) is 10.00 Å². The standard InChI is InChI=1S/C24H20N4O2S/c1-31-23(27-15-25)28-17-12-10-16(11-13-17)14-26-24(29)30-22-20-8-4-2-6-18(20)19-7-3-5-9-21(19)22/h2-13,22H,14H2,1H3,(H,26,29)(H,27,28). The molecule has 0 atom stereocenters. The SMILES string of the molecule is CSC(=Nc1ccc(CNC(=O)OC2c3ccccc3-c3ccccc32)cc1)NC#N. The molecule has 7 heteroatoms. The molecule has 0 heterocycles. The summed E-state index contributed by atoms with van der Waals surface area (Å²) in [5.74, 6) is 0. The van der Waals surface area contributed by atoms with Crippen molar-refractivity contribution in [1.29, 1.82) is 5.26 Å². The monoisotopic (exact) mass is 428 g/mol. The minimum atomic E-state index is -0.471. The molecule has 0 saturated heterocycles. The van der Waals surface area contributed by atoms with Crippen LogP contribution in [0, 0.1) is 11.5 Å². The van der Waals surface area contributed by atoms with Gasteiger partial charge in [-0.2, -0.15) is 5.26 Å². The number of carbonyl (C=O) groups excluding carboxylic acids is 1. The fourth-order valence-corrected chi connectivity index (χ4v) is 3.88. The summed E-state index contributed by atoms with van der Waals surface area (Å²) in [4.78, 5) is 16.9. The molecule has 0 saturated carbocycles. The molecule has 0 radical (unpaired) electrons. The topological polar surface area (TPSA) is 86.5 Å². The van der Waals surface area contributed by atoms with Crippen LogP contribution in [0.5, 0.6) is 0 Å². The molecule has 0 aliphatic heterocycles. The van der Waals surface area contributed by atoms with E-state index < -0.39 is 12.2 Å². The van der Waals surface area contributed by atoms with Gasteiger partial charge in [-0.25, -0.2) is 9.79 Å². The van der Waals surface area contributed by atoms with Crippen LogP contribution in [0.3, 0.4) is 0 Å². The fourth-order valence-electron chi connectivity index (χ4n) is 3.54. The largest absolute Gasteiger partial charge is 0.436 e. The van der Waals surface area contributed by atoms with Gasteiger partial charge in [-0.1, -0.05) is 72.4 Å². The van der Waals surface area contributed by atoms with Crippen molar-refractivity contribution in [3.63, 3.8) is 0 Å². The van der Waals surface area contributed by atoms with Crippen molar-refractivity contribution in [2.75, 3.05) is 6.26 Å². The fraction of sp³-hybridized carbons (Fsp3) is 0.125. The number of benzene rings is 3. The van der Waals surface area contributed by atoms with Crippen molar-refractivity contribution in [3.05, 3.63) is 89.5 Å². The summed E-state index contributed by atoms with van der Waals surface area (Å²) >= 11 is 1.36. The molecule has 0 aromatic heterocycles. The summed E-state index contributed by atoms with van der Waals surface area (Å²) in [7, 11) is 0. The molecule has 0 unspecified atom stereocenters. The summed E-state index contributed by atoms with van der Waals surface area (Å²) in [6.07, 6.45) is 2.82. The van der Waals surface area contributed by atoms with Crippen LogP contribution < -0.4 is 10.6 Å². The molecule has 3 aromatic rings. The molecule has 4 rings (SSSR count). The number of ether oxygens (including phenoxy) is 1. The number of amides is 1. The molecule has 3 aromatic carbocycles. The van der Waals surface area contributed by atoms with Gasteiger partial charge in [0.15, 0.2) is 17.5 Å². The lowest BCUT2D eigenvalue weighted by molar-refractivity contribution is 0.118. The number of hydrogen-bond donors (Lipinski definition) is 2. The molecule has 1 aliphatic carbocycles. The molecule has 1 aliphatic rings. The molecule has 154 valence electrons. The van der Waals surface area contributed by atoms with E-state index in [9.17, 15) is 4.79 Å². The van der Waals surface area contributed by atoms with Gasteiger partial charge in [-0.05, 0) is 35.1 Å².